The summed E-state index contributed by atoms with van der Waals surface area (Å²) in [4.78, 5) is 16.0. The van der Waals surface area contributed by atoms with Gasteiger partial charge in [-0.15, -0.1) is 11.6 Å². The van der Waals surface area contributed by atoms with Gasteiger partial charge in [-0.05, 0) is 74.7 Å². The van der Waals surface area contributed by atoms with Crippen molar-refractivity contribution in [3.8, 4) is 0 Å². The number of nitrogens with one attached hydrogen (secondary N) is 2. The number of likely N-dealkylation sites (tertiary alicyclic amines) is 1. The van der Waals surface area contributed by atoms with E-state index in [1.165, 1.54) is 38.5 Å². The fraction of sp³-hybridized carbons (Fsp3) is 0.966. The van der Waals surface area contributed by atoms with Gasteiger partial charge in [0.1, 0.15) is 0 Å². The van der Waals surface area contributed by atoms with E-state index in [4.69, 9.17) is 16.3 Å². The maximum absolute atomic E-state index is 13.4. The van der Waals surface area contributed by atoms with Crippen molar-refractivity contribution in [1.82, 2.24) is 15.5 Å². The van der Waals surface area contributed by atoms with Crippen LogP contribution in [-0.2, 0) is 9.53 Å². The van der Waals surface area contributed by atoms with Crippen LogP contribution in [0.15, 0.2) is 0 Å². The van der Waals surface area contributed by atoms with Crippen LogP contribution in [0.25, 0.3) is 0 Å². The molecule has 1 heterocycles. The van der Waals surface area contributed by atoms with Crippen molar-refractivity contribution in [1.29, 1.82) is 0 Å². The van der Waals surface area contributed by atoms with Gasteiger partial charge in [0.15, 0.2) is 0 Å². The van der Waals surface area contributed by atoms with E-state index in [9.17, 15) is 4.79 Å². The lowest BCUT2D eigenvalue weighted by molar-refractivity contribution is -0.128. The Morgan fingerprint density at radius 2 is 1.66 bits per heavy atom. The highest BCUT2D eigenvalue weighted by Gasteiger charge is 2.42. The summed E-state index contributed by atoms with van der Waals surface area (Å²) in [6.45, 7) is 14.2. The first-order chi connectivity index (χ1) is 16.2. The lowest BCUT2D eigenvalue weighted by atomic mass is 9.64. The molecule has 3 fully saturated rings. The Kier molecular flexibility index (Phi) is 19.6. The number of hydrogen-bond acceptors (Lipinski definition) is 4. The van der Waals surface area contributed by atoms with Crippen molar-refractivity contribution >= 4 is 17.5 Å². The van der Waals surface area contributed by atoms with Crippen molar-refractivity contribution in [2.75, 3.05) is 39.9 Å². The Bertz CT molecular complexity index is 631. The van der Waals surface area contributed by atoms with E-state index >= 15 is 0 Å². The van der Waals surface area contributed by atoms with Crippen molar-refractivity contribution in [3.05, 3.63) is 0 Å². The summed E-state index contributed by atoms with van der Waals surface area (Å²) in [6.07, 6.45) is 10.7. The second-order valence-corrected chi connectivity index (χ2v) is 13.1. The lowest BCUT2D eigenvalue weighted by Gasteiger charge is -2.49. The van der Waals surface area contributed by atoms with Crippen molar-refractivity contribution < 1.29 is 26.0 Å². The Labute approximate surface area is 238 Å². The van der Waals surface area contributed by atoms with Crippen LogP contribution < -0.4 is 10.6 Å². The number of methoxy groups -OCH3 is 1. The molecule has 0 radical (unpaired) electrons. The SMILES string of the molecule is C.COCCNC1CCCCC1C(=O)N[C@@H](CN1CCC(C2CCC(Cl)CC2)C(C)(C)C1)C(C)C.O.O.O. The van der Waals surface area contributed by atoms with Gasteiger partial charge in [-0.1, -0.05) is 48.0 Å². The Morgan fingerprint density at radius 3 is 2.24 bits per heavy atom. The largest absolute Gasteiger partial charge is 0.412 e. The van der Waals surface area contributed by atoms with E-state index in [1.807, 2.05) is 0 Å². The van der Waals surface area contributed by atoms with Crippen LogP contribution in [0, 0.1) is 29.1 Å². The summed E-state index contributed by atoms with van der Waals surface area (Å²) < 4.78 is 5.20. The number of carbonyl (C=O) groups is 1. The molecule has 0 bridgehead atoms. The summed E-state index contributed by atoms with van der Waals surface area (Å²) in [5.74, 6) is 2.38. The average Bonchev–Trinajstić information content (AvgIpc) is 2.79. The zero-order chi connectivity index (χ0) is 24.7. The first kappa shape index (κ1) is 39.7. The molecular weight excluding hydrogens is 506 g/mol. The Balaban J connectivity index is 0. The van der Waals surface area contributed by atoms with Crippen molar-refractivity contribution in [3.63, 3.8) is 0 Å². The normalized spacial score (nSPS) is 30.0. The monoisotopic (exact) mass is 567 g/mol. The highest BCUT2D eigenvalue weighted by molar-refractivity contribution is 6.20. The number of alkyl halides is 1. The highest BCUT2D eigenvalue weighted by atomic mass is 35.5. The molecule has 2 aliphatic carbocycles. The van der Waals surface area contributed by atoms with E-state index in [1.54, 1.807) is 7.11 Å². The maximum atomic E-state index is 13.4. The molecule has 3 unspecified atom stereocenters. The number of nitrogens with zero attached hydrogens (tertiary/aromatic N) is 1. The number of ether oxygens (including phenoxy) is 1. The molecule has 230 valence electrons. The predicted octanol–water partition coefficient (Wildman–Crippen LogP) is 3.23. The Morgan fingerprint density at radius 1 is 1.03 bits per heavy atom. The molecule has 0 aromatic heterocycles. The van der Waals surface area contributed by atoms with Gasteiger partial charge in [0.2, 0.25) is 5.91 Å². The lowest BCUT2D eigenvalue weighted by Crippen LogP contribution is -2.56. The number of halogens is 1. The molecule has 3 aliphatic rings. The highest BCUT2D eigenvalue weighted by Crippen LogP contribution is 2.45. The van der Waals surface area contributed by atoms with Crippen LogP contribution in [0.2, 0.25) is 0 Å². The molecule has 3 rings (SSSR count). The molecule has 0 aromatic carbocycles. The first-order valence-electron chi connectivity index (χ1n) is 14.1. The summed E-state index contributed by atoms with van der Waals surface area (Å²) in [7, 11) is 1.73. The molecule has 1 saturated heterocycles. The van der Waals surface area contributed by atoms with E-state index in [-0.39, 0.29) is 47.8 Å². The summed E-state index contributed by atoms with van der Waals surface area (Å²) in [5, 5.41) is 7.47. The summed E-state index contributed by atoms with van der Waals surface area (Å²) >= 11 is 6.39. The van der Waals surface area contributed by atoms with Crippen molar-refractivity contribution in [2.45, 2.75) is 110 Å². The molecule has 2 saturated carbocycles. The van der Waals surface area contributed by atoms with E-state index < -0.39 is 0 Å². The third kappa shape index (κ3) is 11.2. The van der Waals surface area contributed by atoms with Gasteiger partial charge in [-0.2, -0.15) is 0 Å². The average molecular weight is 568 g/mol. The molecule has 0 spiro atoms. The van der Waals surface area contributed by atoms with Gasteiger partial charge in [-0.25, -0.2) is 0 Å². The number of hydrogen-bond donors (Lipinski definition) is 2. The second-order valence-electron chi connectivity index (χ2n) is 12.4. The van der Waals surface area contributed by atoms with Crippen molar-refractivity contribution in [2.24, 2.45) is 29.1 Å². The third-order valence-corrected chi connectivity index (χ3v) is 9.50. The quantitative estimate of drug-likeness (QED) is 0.308. The second kappa shape index (κ2) is 18.8. The van der Waals surface area contributed by atoms with E-state index in [2.05, 4.69) is 43.2 Å². The minimum Gasteiger partial charge on any atom is -0.412 e. The third-order valence-electron chi connectivity index (χ3n) is 9.06. The maximum Gasteiger partial charge on any atom is 0.224 e. The molecule has 38 heavy (non-hydrogen) atoms. The fourth-order valence-corrected chi connectivity index (χ4v) is 7.27. The number of carbonyl (C=O) groups excluding carboxylic acids is 1. The smallest absolute Gasteiger partial charge is 0.224 e. The Hall–Kier alpha value is -0.480. The summed E-state index contributed by atoms with van der Waals surface area (Å²) in [5.41, 5.74) is 0.313. The molecule has 1 amide bonds. The van der Waals surface area contributed by atoms with Gasteiger partial charge in [0.05, 0.1) is 12.5 Å². The van der Waals surface area contributed by atoms with Gasteiger partial charge >= 0.3 is 0 Å². The summed E-state index contributed by atoms with van der Waals surface area (Å²) in [6, 6.07) is 0.475. The molecule has 1 aliphatic heterocycles. The van der Waals surface area contributed by atoms with Gasteiger partial charge in [-0.3, -0.25) is 4.79 Å². The van der Waals surface area contributed by atoms with Crippen LogP contribution in [0.5, 0.6) is 0 Å². The topological polar surface area (TPSA) is 148 Å². The van der Waals surface area contributed by atoms with Gasteiger partial charge in [0.25, 0.3) is 0 Å². The van der Waals surface area contributed by atoms with Crippen LogP contribution in [0.3, 0.4) is 0 Å². The fourth-order valence-electron chi connectivity index (χ4n) is 7.02. The van der Waals surface area contributed by atoms with Crippen LogP contribution in [0.1, 0.15) is 92.9 Å². The molecule has 0 aromatic rings. The molecular formula is C29H62ClN3O5. The molecule has 8 N–H and O–H groups in total. The number of amides is 1. The predicted molar refractivity (Wildman–Crippen MR) is 160 cm³/mol. The molecule has 8 nitrogen and oxygen atoms in total. The van der Waals surface area contributed by atoms with E-state index in [0.29, 0.717) is 23.3 Å². The van der Waals surface area contributed by atoms with Gasteiger partial charge in [0, 0.05) is 44.2 Å². The minimum absolute atomic E-state index is 0. The van der Waals surface area contributed by atoms with Crippen LogP contribution in [0.4, 0.5) is 0 Å². The first-order valence-corrected chi connectivity index (χ1v) is 14.5. The standard InChI is InChI=1S/C28H52ClN3O2.CH4.3H2O/c1-20(2)26(31-27(33)23-8-6-7-9-25(23)30-15-17-34-5)18-32-16-14-24(28(3,4)19-32)21-10-12-22(29)13-11-21;;;;/h20-26,30H,6-19H2,1-5H3,(H,31,33);1H4;3*1H2/t21?,22?,23?,24?,25?,26-;;;;/m0..../s1. The molecule has 4 atom stereocenters. The van der Waals surface area contributed by atoms with Crippen LogP contribution in [-0.4, -0.2) is 84.6 Å². The van der Waals surface area contributed by atoms with Gasteiger partial charge < -0.3 is 36.7 Å². The molecule has 9 heteroatoms. The zero-order valence-corrected chi connectivity index (χ0v) is 24.8. The zero-order valence-electron chi connectivity index (χ0n) is 24.1. The minimum atomic E-state index is 0. The van der Waals surface area contributed by atoms with E-state index in [0.717, 1.165) is 57.3 Å². The number of rotatable bonds is 10. The van der Waals surface area contributed by atoms with Crippen LogP contribution >= 0.6 is 11.6 Å². The number of piperidine rings is 1.